The van der Waals surface area contributed by atoms with Crippen LogP contribution >= 0.6 is 0 Å². The van der Waals surface area contributed by atoms with Crippen LogP contribution in [0.5, 0.6) is 5.88 Å². The molecule has 0 saturated heterocycles. The maximum Gasteiger partial charge on any atom is 0.225 e. The summed E-state index contributed by atoms with van der Waals surface area (Å²) in [5.41, 5.74) is 5.76. The molecule has 0 aromatic carbocycles. The summed E-state index contributed by atoms with van der Waals surface area (Å²) >= 11 is 0. The maximum atomic E-state index is 5.76. The first kappa shape index (κ1) is 16.0. The molecule has 0 atom stereocenters. The molecule has 0 saturated carbocycles. The van der Waals surface area contributed by atoms with Crippen LogP contribution in [0.2, 0.25) is 0 Å². The molecule has 22 heavy (non-hydrogen) atoms. The molecule has 2 aromatic rings. The fourth-order valence-corrected chi connectivity index (χ4v) is 2.03. The lowest BCUT2D eigenvalue weighted by Crippen LogP contribution is -2.22. The smallest absolute Gasteiger partial charge is 0.225 e. The van der Waals surface area contributed by atoms with E-state index in [1.807, 2.05) is 30.4 Å². The number of aromatic nitrogens is 5. The van der Waals surface area contributed by atoms with Crippen molar-refractivity contribution in [3.8, 4) is 5.88 Å². The monoisotopic (exact) mass is 305 g/mol. The zero-order valence-electron chi connectivity index (χ0n) is 13.7. The van der Waals surface area contributed by atoms with Crippen molar-refractivity contribution in [3.05, 3.63) is 18.2 Å². The average Bonchev–Trinajstić information content (AvgIpc) is 2.85. The number of hydrogen-bond donors (Lipinski definition) is 1. The molecular weight excluding hydrogens is 282 g/mol. The van der Waals surface area contributed by atoms with Crippen LogP contribution < -0.4 is 15.4 Å². The van der Waals surface area contributed by atoms with Gasteiger partial charge >= 0.3 is 0 Å². The number of nitrogens with zero attached hydrogens (tertiary/aromatic N) is 6. The number of hydrogen-bond acceptors (Lipinski definition) is 7. The van der Waals surface area contributed by atoms with Crippen molar-refractivity contribution in [1.82, 2.24) is 24.7 Å². The summed E-state index contributed by atoms with van der Waals surface area (Å²) in [7, 11) is 1.92. The highest BCUT2D eigenvalue weighted by molar-refractivity contribution is 5.44. The van der Waals surface area contributed by atoms with Crippen molar-refractivity contribution >= 4 is 11.8 Å². The molecule has 0 spiro atoms. The van der Waals surface area contributed by atoms with Gasteiger partial charge in [0.15, 0.2) is 5.82 Å². The summed E-state index contributed by atoms with van der Waals surface area (Å²) < 4.78 is 7.61. The minimum atomic E-state index is 0.0245. The lowest BCUT2D eigenvalue weighted by atomic mass is 10.3. The van der Waals surface area contributed by atoms with E-state index in [4.69, 9.17) is 10.5 Å². The Bertz CT molecular complexity index is 623. The highest BCUT2D eigenvalue weighted by atomic mass is 16.5. The van der Waals surface area contributed by atoms with E-state index >= 15 is 0 Å². The number of anilines is 2. The summed E-state index contributed by atoms with van der Waals surface area (Å²) in [6, 6.07) is 2.07. The van der Waals surface area contributed by atoms with Gasteiger partial charge in [0.25, 0.3) is 0 Å². The van der Waals surface area contributed by atoms with Crippen molar-refractivity contribution in [2.24, 2.45) is 0 Å². The minimum Gasteiger partial charge on any atom is -0.475 e. The van der Waals surface area contributed by atoms with E-state index in [2.05, 4.69) is 34.0 Å². The molecule has 2 rings (SSSR count). The number of nitrogens with two attached hydrogens (primary N) is 1. The SMILES string of the molecule is CC(C)Oc1cc(N(C)Cc2nncn2C(C)C)nc(N)n1. The van der Waals surface area contributed by atoms with Gasteiger partial charge in [-0.15, -0.1) is 10.2 Å². The molecule has 0 aliphatic heterocycles. The molecule has 8 nitrogen and oxygen atoms in total. The third-order valence-corrected chi connectivity index (χ3v) is 3.04. The van der Waals surface area contributed by atoms with E-state index in [1.54, 1.807) is 12.4 Å². The van der Waals surface area contributed by atoms with Gasteiger partial charge in [0.05, 0.1) is 12.6 Å². The zero-order valence-corrected chi connectivity index (χ0v) is 13.7. The minimum absolute atomic E-state index is 0.0245. The van der Waals surface area contributed by atoms with E-state index in [0.29, 0.717) is 24.3 Å². The first-order chi connectivity index (χ1) is 10.4. The summed E-state index contributed by atoms with van der Waals surface area (Å²) in [5.74, 6) is 2.20. The van der Waals surface area contributed by atoms with Crippen molar-refractivity contribution < 1.29 is 4.74 Å². The number of rotatable bonds is 6. The summed E-state index contributed by atoms with van der Waals surface area (Å²) in [6.45, 7) is 8.61. The van der Waals surface area contributed by atoms with Crippen LogP contribution in [0.25, 0.3) is 0 Å². The molecule has 8 heteroatoms. The first-order valence-electron chi connectivity index (χ1n) is 7.27. The van der Waals surface area contributed by atoms with Crippen LogP contribution in [0.1, 0.15) is 39.6 Å². The van der Waals surface area contributed by atoms with Gasteiger partial charge in [-0.05, 0) is 27.7 Å². The Morgan fingerprint density at radius 1 is 1.27 bits per heavy atom. The van der Waals surface area contributed by atoms with E-state index in [1.165, 1.54) is 0 Å². The van der Waals surface area contributed by atoms with Crippen LogP contribution in [0.4, 0.5) is 11.8 Å². The van der Waals surface area contributed by atoms with E-state index in [9.17, 15) is 0 Å². The van der Waals surface area contributed by atoms with Gasteiger partial charge in [-0.1, -0.05) is 0 Å². The summed E-state index contributed by atoms with van der Waals surface area (Å²) in [5, 5.41) is 8.13. The summed E-state index contributed by atoms with van der Waals surface area (Å²) in [6.07, 6.45) is 1.76. The summed E-state index contributed by atoms with van der Waals surface area (Å²) in [4.78, 5) is 10.3. The second kappa shape index (κ2) is 6.59. The molecule has 0 unspecified atom stereocenters. The fourth-order valence-electron chi connectivity index (χ4n) is 2.03. The van der Waals surface area contributed by atoms with E-state index < -0.39 is 0 Å². The third kappa shape index (κ3) is 3.84. The van der Waals surface area contributed by atoms with Crippen molar-refractivity contribution in [2.45, 2.75) is 46.4 Å². The van der Waals surface area contributed by atoms with Crippen LogP contribution in [0, 0.1) is 0 Å². The van der Waals surface area contributed by atoms with Crippen molar-refractivity contribution in [3.63, 3.8) is 0 Å². The van der Waals surface area contributed by atoms with Crippen molar-refractivity contribution in [2.75, 3.05) is 17.7 Å². The normalized spacial score (nSPS) is 11.2. The third-order valence-electron chi connectivity index (χ3n) is 3.04. The Morgan fingerprint density at radius 2 is 2.00 bits per heavy atom. The Kier molecular flexibility index (Phi) is 4.79. The number of ether oxygens (including phenoxy) is 1. The number of nitrogen functional groups attached to an aromatic ring is 1. The molecule has 2 heterocycles. The van der Waals surface area contributed by atoms with Crippen LogP contribution in [0.15, 0.2) is 12.4 Å². The molecule has 0 radical (unpaired) electrons. The Hall–Kier alpha value is -2.38. The van der Waals surface area contributed by atoms with Gasteiger partial charge in [0.1, 0.15) is 12.1 Å². The average molecular weight is 305 g/mol. The van der Waals surface area contributed by atoms with Crippen molar-refractivity contribution in [1.29, 1.82) is 0 Å². The molecule has 0 aliphatic rings. The van der Waals surface area contributed by atoms with Gasteiger partial charge in [-0.25, -0.2) is 0 Å². The molecule has 0 amide bonds. The van der Waals surface area contributed by atoms with E-state index in [0.717, 1.165) is 5.82 Å². The second-order valence-electron chi connectivity index (χ2n) is 5.69. The van der Waals surface area contributed by atoms with Gasteiger partial charge < -0.3 is 19.9 Å². The van der Waals surface area contributed by atoms with Gasteiger partial charge in [-0.2, -0.15) is 9.97 Å². The molecular formula is C14H23N7O. The van der Waals surface area contributed by atoms with Crippen LogP contribution in [0.3, 0.4) is 0 Å². The Morgan fingerprint density at radius 3 is 2.64 bits per heavy atom. The quantitative estimate of drug-likeness (QED) is 0.867. The predicted molar refractivity (Wildman–Crippen MR) is 84.7 cm³/mol. The molecule has 2 aromatic heterocycles. The highest BCUT2D eigenvalue weighted by Gasteiger charge is 2.13. The lowest BCUT2D eigenvalue weighted by molar-refractivity contribution is 0.232. The zero-order chi connectivity index (χ0) is 16.3. The Balaban J connectivity index is 2.20. The molecule has 0 bridgehead atoms. The second-order valence-corrected chi connectivity index (χ2v) is 5.69. The topological polar surface area (TPSA) is 95.0 Å². The molecule has 120 valence electrons. The lowest BCUT2D eigenvalue weighted by Gasteiger charge is -2.20. The first-order valence-corrected chi connectivity index (χ1v) is 7.27. The Labute approximate surface area is 130 Å². The van der Waals surface area contributed by atoms with Gasteiger partial charge in [0, 0.05) is 19.2 Å². The molecule has 0 aliphatic carbocycles. The van der Waals surface area contributed by atoms with E-state index in [-0.39, 0.29) is 12.1 Å². The molecule has 0 fully saturated rings. The van der Waals surface area contributed by atoms with Crippen LogP contribution in [-0.2, 0) is 6.54 Å². The largest absolute Gasteiger partial charge is 0.475 e. The highest BCUT2D eigenvalue weighted by Crippen LogP contribution is 2.20. The van der Waals surface area contributed by atoms with Crippen LogP contribution in [-0.4, -0.2) is 37.9 Å². The van der Waals surface area contributed by atoms with Gasteiger partial charge in [0.2, 0.25) is 11.8 Å². The standard InChI is InChI=1S/C14H23N7O/c1-9(2)21-8-16-19-12(21)7-20(5)11-6-13(22-10(3)4)18-14(15)17-11/h6,8-10H,7H2,1-5H3,(H2,15,17,18). The maximum absolute atomic E-state index is 5.76. The molecule has 2 N–H and O–H groups in total. The predicted octanol–water partition coefficient (Wildman–Crippen LogP) is 1.65. The van der Waals surface area contributed by atoms with Gasteiger partial charge in [-0.3, -0.25) is 0 Å². The fraction of sp³-hybridized carbons (Fsp3) is 0.571.